The lowest BCUT2D eigenvalue weighted by Crippen LogP contribution is -2.24. The van der Waals surface area contributed by atoms with Crippen molar-refractivity contribution in [2.75, 3.05) is 0 Å². The summed E-state index contributed by atoms with van der Waals surface area (Å²) in [6, 6.07) is 0. The number of hydrogen-bond acceptors (Lipinski definition) is 1. The molecule has 0 N–H and O–H groups in total. The third-order valence-electron chi connectivity index (χ3n) is 1.56. The Hall–Kier alpha value is -1.06. The van der Waals surface area contributed by atoms with E-state index in [-0.39, 0.29) is 12.0 Å². The molecule has 1 rings (SSSR count). The minimum atomic E-state index is -4.73. The second kappa shape index (κ2) is 3.13. The summed E-state index contributed by atoms with van der Waals surface area (Å²) >= 11 is 0. The minimum Gasteiger partial charge on any atom is -0.284 e. The molecule has 0 spiro atoms. The maximum atomic E-state index is 11.8. The zero-order chi connectivity index (χ0) is 9.19. The maximum Gasteiger partial charge on any atom is 0.454 e. The lowest BCUT2D eigenvalue weighted by molar-refractivity contribution is -0.166. The van der Waals surface area contributed by atoms with Gasteiger partial charge in [0.15, 0.2) is 0 Å². The highest BCUT2D eigenvalue weighted by atomic mass is 19.4. The van der Waals surface area contributed by atoms with E-state index in [9.17, 15) is 18.0 Å². The van der Waals surface area contributed by atoms with Crippen LogP contribution in [0.25, 0.3) is 0 Å². The van der Waals surface area contributed by atoms with Gasteiger partial charge in [0, 0.05) is 5.57 Å². The molecule has 1 aliphatic rings. The minimum absolute atomic E-state index is 0.148. The number of Topliss-reactive ketones (excluding diaryl/α,β-unsaturated/α-hetero) is 1. The molecule has 0 saturated heterocycles. The molecule has 0 heterocycles. The Kier molecular flexibility index (Phi) is 2.35. The van der Waals surface area contributed by atoms with Gasteiger partial charge in [-0.05, 0) is 12.8 Å². The fourth-order valence-corrected chi connectivity index (χ4v) is 0.974. The van der Waals surface area contributed by atoms with Gasteiger partial charge in [-0.1, -0.05) is 18.2 Å². The summed E-state index contributed by atoms with van der Waals surface area (Å²) in [5, 5.41) is 0. The van der Waals surface area contributed by atoms with E-state index < -0.39 is 12.0 Å². The van der Waals surface area contributed by atoms with E-state index in [1.165, 1.54) is 12.2 Å². The van der Waals surface area contributed by atoms with Crippen molar-refractivity contribution in [1.82, 2.24) is 0 Å². The van der Waals surface area contributed by atoms with Crippen molar-refractivity contribution in [2.24, 2.45) is 0 Å². The van der Waals surface area contributed by atoms with Crippen LogP contribution in [-0.2, 0) is 4.79 Å². The average molecular weight is 176 g/mol. The lowest BCUT2D eigenvalue weighted by Gasteiger charge is -2.09. The summed E-state index contributed by atoms with van der Waals surface area (Å²) in [6.07, 6.45) is 0.397. The van der Waals surface area contributed by atoms with Gasteiger partial charge < -0.3 is 0 Å². The quantitative estimate of drug-likeness (QED) is 0.599. The number of hydrogen-bond donors (Lipinski definition) is 0. The van der Waals surface area contributed by atoms with Crippen LogP contribution in [-0.4, -0.2) is 12.0 Å². The summed E-state index contributed by atoms with van der Waals surface area (Å²) in [5.41, 5.74) is -0.148. The Balaban J connectivity index is 2.77. The van der Waals surface area contributed by atoms with Crippen molar-refractivity contribution < 1.29 is 18.0 Å². The average Bonchev–Trinajstić information content (AvgIpc) is 2.03. The van der Waals surface area contributed by atoms with Crippen LogP contribution >= 0.6 is 0 Å². The lowest BCUT2D eigenvalue weighted by atomic mass is 10.0. The number of rotatable bonds is 1. The second-order valence-electron chi connectivity index (χ2n) is 2.49. The van der Waals surface area contributed by atoms with E-state index in [4.69, 9.17) is 0 Å². The number of halogens is 3. The molecular formula is C8H7F3O. The SMILES string of the molecule is O=C(C1=CC=CCC1)C(F)(F)F. The van der Waals surface area contributed by atoms with Crippen molar-refractivity contribution in [1.29, 1.82) is 0 Å². The largest absolute Gasteiger partial charge is 0.454 e. The monoisotopic (exact) mass is 176 g/mol. The smallest absolute Gasteiger partial charge is 0.284 e. The van der Waals surface area contributed by atoms with E-state index in [0.717, 1.165) is 0 Å². The molecule has 12 heavy (non-hydrogen) atoms. The molecule has 1 nitrogen and oxygen atoms in total. The van der Waals surface area contributed by atoms with Gasteiger partial charge in [0.25, 0.3) is 5.78 Å². The first-order chi connectivity index (χ1) is 5.52. The van der Waals surface area contributed by atoms with Crippen LogP contribution < -0.4 is 0 Å². The van der Waals surface area contributed by atoms with Crippen LogP contribution in [0.2, 0.25) is 0 Å². The topological polar surface area (TPSA) is 17.1 Å². The number of ketones is 1. The van der Waals surface area contributed by atoms with Crippen LogP contribution in [0.1, 0.15) is 12.8 Å². The van der Waals surface area contributed by atoms with Crippen molar-refractivity contribution in [2.45, 2.75) is 19.0 Å². The van der Waals surface area contributed by atoms with Gasteiger partial charge in [0.05, 0.1) is 0 Å². The third kappa shape index (κ3) is 1.96. The van der Waals surface area contributed by atoms with Crippen molar-refractivity contribution in [3.8, 4) is 0 Å². The third-order valence-corrected chi connectivity index (χ3v) is 1.56. The molecule has 0 aromatic rings. The molecule has 0 amide bonds. The zero-order valence-corrected chi connectivity index (χ0v) is 6.19. The number of alkyl halides is 3. The van der Waals surface area contributed by atoms with Crippen LogP contribution in [0.15, 0.2) is 23.8 Å². The zero-order valence-electron chi connectivity index (χ0n) is 6.19. The molecule has 4 heteroatoms. The summed E-state index contributed by atoms with van der Waals surface area (Å²) in [7, 11) is 0. The van der Waals surface area contributed by atoms with Gasteiger partial charge in [0.2, 0.25) is 0 Å². The van der Waals surface area contributed by atoms with Crippen LogP contribution in [0, 0.1) is 0 Å². The molecule has 0 fully saturated rings. The van der Waals surface area contributed by atoms with Gasteiger partial charge in [-0.3, -0.25) is 4.79 Å². The normalized spacial score (nSPS) is 17.4. The standard InChI is InChI=1S/C8H7F3O/c9-8(10,11)7(12)6-4-2-1-3-5-6/h1-2,4H,3,5H2. The van der Waals surface area contributed by atoms with E-state index in [2.05, 4.69) is 0 Å². The molecule has 0 aliphatic heterocycles. The molecular weight excluding hydrogens is 169 g/mol. The molecule has 0 saturated carbocycles. The first-order valence-electron chi connectivity index (χ1n) is 3.49. The van der Waals surface area contributed by atoms with Crippen LogP contribution in [0.4, 0.5) is 13.2 Å². The summed E-state index contributed by atoms with van der Waals surface area (Å²) in [4.78, 5) is 10.6. The van der Waals surface area contributed by atoms with Crippen molar-refractivity contribution >= 4 is 5.78 Å². The molecule has 0 atom stereocenters. The summed E-state index contributed by atoms with van der Waals surface area (Å²) in [5.74, 6) is -1.72. The van der Waals surface area contributed by atoms with Gasteiger partial charge in [0.1, 0.15) is 0 Å². The Bertz CT molecular complexity index is 248. The van der Waals surface area contributed by atoms with Crippen molar-refractivity contribution in [3.05, 3.63) is 23.8 Å². The molecule has 1 aliphatic carbocycles. The highest BCUT2D eigenvalue weighted by molar-refractivity contribution is 5.99. The summed E-state index contributed by atoms with van der Waals surface area (Å²) < 4.78 is 35.5. The Morgan fingerprint density at radius 2 is 2.08 bits per heavy atom. The molecule has 66 valence electrons. The van der Waals surface area contributed by atoms with Gasteiger partial charge in [-0.2, -0.15) is 13.2 Å². The predicted octanol–water partition coefficient (Wildman–Crippen LogP) is 2.39. The maximum absolute atomic E-state index is 11.8. The highest BCUT2D eigenvalue weighted by Crippen LogP contribution is 2.24. The number of carbonyl (C=O) groups is 1. The van der Waals surface area contributed by atoms with E-state index in [1.807, 2.05) is 0 Å². The first-order valence-corrected chi connectivity index (χ1v) is 3.49. The van der Waals surface area contributed by atoms with E-state index in [1.54, 1.807) is 6.08 Å². The van der Waals surface area contributed by atoms with Gasteiger partial charge in [-0.15, -0.1) is 0 Å². The van der Waals surface area contributed by atoms with Crippen molar-refractivity contribution in [3.63, 3.8) is 0 Å². The Morgan fingerprint density at radius 1 is 1.42 bits per heavy atom. The molecule has 0 aromatic heterocycles. The van der Waals surface area contributed by atoms with Crippen LogP contribution in [0.5, 0.6) is 0 Å². The van der Waals surface area contributed by atoms with Crippen LogP contribution in [0.3, 0.4) is 0 Å². The fourth-order valence-electron chi connectivity index (χ4n) is 0.974. The molecule has 0 unspecified atom stereocenters. The van der Waals surface area contributed by atoms with Gasteiger partial charge in [-0.25, -0.2) is 0 Å². The highest BCUT2D eigenvalue weighted by Gasteiger charge is 2.40. The number of allylic oxidation sites excluding steroid dienone is 4. The van der Waals surface area contributed by atoms with Gasteiger partial charge >= 0.3 is 6.18 Å². The van der Waals surface area contributed by atoms with E-state index >= 15 is 0 Å². The van der Waals surface area contributed by atoms with E-state index in [0.29, 0.717) is 6.42 Å². The Labute approximate surface area is 67.6 Å². The molecule has 0 aromatic carbocycles. The number of carbonyl (C=O) groups excluding carboxylic acids is 1. The Morgan fingerprint density at radius 3 is 2.50 bits per heavy atom. The summed E-state index contributed by atoms with van der Waals surface area (Å²) in [6.45, 7) is 0. The molecule has 0 bridgehead atoms. The molecule has 0 radical (unpaired) electrons. The first kappa shape index (κ1) is 9.03. The fraction of sp³-hybridized carbons (Fsp3) is 0.375. The second-order valence-corrected chi connectivity index (χ2v) is 2.49. The predicted molar refractivity (Wildman–Crippen MR) is 37.5 cm³/mol.